The van der Waals surface area contributed by atoms with Crippen molar-refractivity contribution in [1.29, 1.82) is 0 Å². The van der Waals surface area contributed by atoms with Crippen molar-refractivity contribution in [2.24, 2.45) is 5.92 Å². The minimum atomic E-state index is -3.21. The van der Waals surface area contributed by atoms with E-state index in [1.54, 1.807) is 0 Å². The quantitative estimate of drug-likeness (QED) is 0.749. The zero-order valence-corrected chi connectivity index (χ0v) is 12.0. The maximum Gasteiger partial charge on any atom is 0.214 e. The fraction of sp³-hybridized carbons (Fsp3) is 1.00. The van der Waals surface area contributed by atoms with Gasteiger partial charge in [0.2, 0.25) is 10.0 Å². The van der Waals surface area contributed by atoms with Crippen molar-refractivity contribution >= 4 is 10.0 Å². The predicted octanol–water partition coefficient (Wildman–Crippen LogP) is 0.281. The van der Waals surface area contributed by atoms with Gasteiger partial charge in [-0.2, -0.15) is 0 Å². The molecule has 0 bridgehead atoms. The molecule has 0 aromatic rings. The van der Waals surface area contributed by atoms with Crippen LogP contribution in [-0.4, -0.2) is 58.0 Å². The first-order valence-corrected chi connectivity index (χ1v) is 7.74. The minimum Gasteiger partial charge on any atom is -0.384 e. The molecule has 0 unspecified atom stereocenters. The van der Waals surface area contributed by atoms with Crippen molar-refractivity contribution in [1.82, 2.24) is 9.62 Å². The third-order valence-electron chi connectivity index (χ3n) is 3.26. The Kier molecular flexibility index (Phi) is 5.37. The lowest BCUT2D eigenvalue weighted by molar-refractivity contribution is 0.216. The first-order chi connectivity index (χ1) is 7.85. The van der Waals surface area contributed by atoms with Crippen molar-refractivity contribution in [3.05, 3.63) is 0 Å². The molecule has 102 valence electrons. The molecule has 17 heavy (non-hydrogen) atoms. The smallest absolute Gasteiger partial charge is 0.214 e. The molecule has 1 N–H and O–H groups in total. The van der Waals surface area contributed by atoms with Gasteiger partial charge in [-0.15, -0.1) is 0 Å². The lowest BCUT2D eigenvalue weighted by atomic mass is 10.1. The summed E-state index contributed by atoms with van der Waals surface area (Å²) in [4.78, 5) is 2.30. The highest BCUT2D eigenvalue weighted by Gasteiger charge is 2.33. The summed E-state index contributed by atoms with van der Waals surface area (Å²) in [6.45, 7) is 8.35. The van der Waals surface area contributed by atoms with Crippen LogP contribution in [0.5, 0.6) is 0 Å². The third kappa shape index (κ3) is 4.54. The van der Waals surface area contributed by atoms with E-state index in [4.69, 9.17) is 4.74 Å². The Bertz CT molecular complexity index is 330. The van der Waals surface area contributed by atoms with Gasteiger partial charge in [-0.25, -0.2) is 13.1 Å². The summed E-state index contributed by atoms with van der Waals surface area (Å²) in [7, 11) is -1.70. The molecule has 0 radical (unpaired) electrons. The van der Waals surface area contributed by atoms with E-state index >= 15 is 0 Å². The van der Waals surface area contributed by atoms with Crippen molar-refractivity contribution in [2.45, 2.75) is 32.9 Å². The Morgan fingerprint density at radius 3 is 2.53 bits per heavy atom. The minimum absolute atomic E-state index is 0.0271. The Hall–Kier alpha value is -0.170. The molecule has 1 heterocycles. The number of hydrogen-bond donors (Lipinski definition) is 1. The molecule has 0 spiro atoms. The molecule has 6 heteroatoms. The topological polar surface area (TPSA) is 58.6 Å². The van der Waals surface area contributed by atoms with E-state index in [0.717, 1.165) is 13.1 Å². The highest BCUT2D eigenvalue weighted by atomic mass is 32.2. The van der Waals surface area contributed by atoms with Crippen LogP contribution in [0.2, 0.25) is 0 Å². The number of nitrogens with zero attached hydrogens (tertiary/aromatic N) is 1. The summed E-state index contributed by atoms with van der Waals surface area (Å²) in [5.41, 5.74) is 0. The summed E-state index contributed by atoms with van der Waals surface area (Å²) in [6, 6.07) is 0.491. The second-order valence-electron chi connectivity index (χ2n) is 5.06. The van der Waals surface area contributed by atoms with Crippen LogP contribution < -0.4 is 4.72 Å². The van der Waals surface area contributed by atoms with Gasteiger partial charge in [-0.05, 0) is 19.8 Å². The van der Waals surface area contributed by atoms with Gasteiger partial charge in [0.15, 0.2) is 0 Å². The molecule has 5 nitrogen and oxygen atoms in total. The SMILES string of the molecule is COCCS(=O)(=O)N[C@H]1CN(C(C)C)C[C@@H]1C. The van der Waals surface area contributed by atoms with Crippen LogP contribution >= 0.6 is 0 Å². The number of ether oxygens (including phenoxy) is 1. The van der Waals surface area contributed by atoms with Crippen molar-refractivity contribution in [3.63, 3.8) is 0 Å². The molecule has 1 aliphatic heterocycles. The summed E-state index contributed by atoms with van der Waals surface area (Å²) in [6.07, 6.45) is 0. The van der Waals surface area contributed by atoms with Crippen LogP contribution in [-0.2, 0) is 14.8 Å². The molecule has 0 aromatic carbocycles. The number of methoxy groups -OCH3 is 1. The summed E-state index contributed by atoms with van der Waals surface area (Å²) in [5.74, 6) is 0.392. The largest absolute Gasteiger partial charge is 0.384 e. The van der Waals surface area contributed by atoms with Crippen molar-refractivity contribution in [3.8, 4) is 0 Å². The van der Waals surface area contributed by atoms with Crippen LogP contribution in [0.1, 0.15) is 20.8 Å². The molecular formula is C11H24N2O3S. The number of sulfonamides is 1. The van der Waals surface area contributed by atoms with E-state index in [9.17, 15) is 8.42 Å². The molecule has 0 saturated carbocycles. The second-order valence-corrected chi connectivity index (χ2v) is 6.93. The zero-order chi connectivity index (χ0) is 13.1. The fourth-order valence-electron chi connectivity index (χ4n) is 2.06. The summed E-state index contributed by atoms with van der Waals surface area (Å²) >= 11 is 0. The van der Waals surface area contributed by atoms with Gasteiger partial charge in [-0.1, -0.05) is 6.92 Å². The van der Waals surface area contributed by atoms with Gasteiger partial charge >= 0.3 is 0 Å². The Balaban J connectivity index is 2.52. The molecule has 0 aromatic heterocycles. The Labute approximate surface area is 105 Å². The summed E-state index contributed by atoms with van der Waals surface area (Å²) < 4.78 is 31.1. The van der Waals surface area contributed by atoms with Gasteiger partial charge in [-0.3, -0.25) is 4.90 Å². The first kappa shape index (κ1) is 14.9. The Morgan fingerprint density at radius 2 is 2.06 bits per heavy atom. The molecule has 1 aliphatic rings. The van der Waals surface area contributed by atoms with Crippen molar-refractivity contribution in [2.75, 3.05) is 32.6 Å². The lowest BCUT2D eigenvalue weighted by Crippen LogP contribution is -2.42. The van der Waals surface area contributed by atoms with Crippen LogP contribution in [0.25, 0.3) is 0 Å². The van der Waals surface area contributed by atoms with Crippen LogP contribution in [0.3, 0.4) is 0 Å². The highest BCUT2D eigenvalue weighted by molar-refractivity contribution is 7.89. The monoisotopic (exact) mass is 264 g/mol. The van der Waals surface area contributed by atoms with Gasteiger partial charge in [0, 0.05) is 32.3 Å². The molecular weight excluding hydrogens is 240 g/mol. The maximum atomic E-state index is 11.8. The van der Waals surface area contributed by atoms with Gasteiger partial charge in [0.1, 0.15) is 0 Å². The average molecular weight is 264 g/mol. The second kappa shape index (κ2) is 6.13. The van der Waals surface area contributed by atoms with E-state index in [-0.39, 0.29) is 18.4 Å². The highest BCUT2D eigenvalue weighted by Crippen LogP contribution is 2.19. The van der Waals surface area contributed by atoms with Crippen LogP contribution in [0, 0.1) is 5.92 Å². The van der Waals surface area contributed by atoms with Crippen molar-refractivity contribution < 1.29 is 13.2 Å². The molecule has 1 rings (SSSR count). The van der Waals surface area contributed by atoms with Crippen LogP contribution in [0.15, 0.2) is 0 Å². The predicted molar refractivity (Wildman–Crippen MR) is 68.5 cm³/mol. The summed E-state index contributed by atoms with van der Waals surface area (Å²) in [5, 5.41) is 0. The Morgan fingerprint density at radius 1 is 1.41 bits per heavy atom. The van der Waals surface area contributed by atoms with E-state index in [0.29, 0.717) is 12.0 Å². The number of likely N-dealkylation sites (tertiary alicyclic amines) is 1. The van der Waals surface area contributed by atoms with E-state index in [2.05, 4.69) is 30.4 Å². The van der Waals surface area contributed by atoms with Gasteiger partial charge in [0.25, 0.3) is 0 Å². The molecule has 2 atom stereocenters. The fourth-order valence-corrected chi connectivity index (χ4v) is 3.33. The molecule has 0 amide bonds. The van der Waals surface area contributed by atoms with E-state index < -0.39 is 10.0 Å². The lowest BCUT2D eigenvalue weighted by Gasteiger charge is -2.20. The molecule has 1 saturated heterocycles. The molecule has 1 fully saturated rings. The van der Waals surface area contributed by atoms with Gasteiger partial charge < -0.3 is 4.74 Å². The average Bonchev–Trinajstić information content (AvgIpc) is 2.57. The normalized spacial score (nSPS) is 26.9. The molecule has 0 aliphatic carbocycles. The zero-order valence-electron chi connectivity index (χ0n) is 11.1. The standard InChI is InChI=1S/C11H24N2O3S/c1-9(2)13-7-10(3)11(8-13)12-17(14,15)6-5-16-4/h9-12H,5-8H2,1-4H3/t10-,11-/m0/s1. The number of hydrogen-bond acceptors (Lipinski definition) is 4. The van der Waals surface area contributed by atoms with Crippen LogP contribution in [0.4, 0.5) is 0 Å². The van der Waals surface area contributed by atoms with E-state index in [1.807, 2.05) is 0 Å². The number of rotatable bonds is 6. The maximum absolute atomic E-state index is 11.8. The van der Waals surface area contributed by atoms with Gasteiger partial charge in [0.05, 0.1) is 12.4 Å². The first-order valence-electron chi connectivity index (χ1n) is 6.08. The van der Waals surface area contributed by atoms with E-state index in [1.165, 1.54) is 7.11 Å². The third-order valence-corrected chi connectivity index (χ3v) is 4.62. The number of nitrogens with one attached hydrogen (secondary N) is 1.